The number of carbonyl (C=O) groups excluding carboxylic acids is 1. The second-order valence-corrected chi connectivity index (χ2v) is 4.93. The first-order valence-electron chi connectivity index (χ1n) is 5.45. The molecule has 17 heavy (non-hydrogen) atoms. The van der Waals surface area contributed by atoms with Gasteiger partial charge in [-0.1, -0.05) is 37.3 Å². The average molecular weight is 293 g/mol. The molecular weight excluding hydrogens is 280 g/mol. The third kappa shape index (κ3) is 3.03. The number of rotatable bonds is 3. The summed E-state index contributed by atoms with van der Waals surface area (Å²) in [5, 5.41) is 3.98. The number of benzene rings is 1. The molecule has 0 bridgehead atoms. The Morgan fingerprint density at radius 2 is 2.12 bits per heavy atom. The van der Waals surface area contributed by atoms with Crippen LogP contribution in [0.25, 0.3) is 0 Å². The largest absolute Gasteiger partial charge is 0.273 e. The van der Waals surface area contributed by atoms with Crippen molar-refractivity contribution in [1.29, 1.82) is 0 Å². The monoisotopic (exact) mass is 292 g/mol. The fraction of sp³-hybridized carbons (Fsp3) is 0.231. The maximum atomic E-state index is 11.9. The summed E-state index contributed by atoms with van der Waals surface area (Å²) in [7, 11) is 0. The summed E-state index contributed by atoms with van der Waals surface area (Å²) < 4.78 is 2.20. The summed E-state index contributed by atoms with van der Waals surface area (Å²) in [5.41, 5.74) is 1.17. The summed E-state index contributed by atoms with van der Waals surface area (Å²) in [6.07, 6.45) is 3.75. The van der Waals surface area contributed by atoms with Crippen LogP contribution in [0.3, 0.4) is 0 Å². The zero-order chi connectivity index (χ0) is 12.3. The molecule has 1 aromatic heterocycles. The van der Waals surface area contributed by atoms with Gasteiger partial charge < -0.3 is 0 Å². The van der Waals surface area contributed by atoms with E-state index in [1.165, 1.54) is 10.2 Å². The minimum Gasteiger partial charge on any atom is -0.273 e. The van der Waals surface area contributed by atoms with Crippen molar-refractivity contribution in [2.24, 2.45) is 0 Å². The van der Waals surface area contributed by atoms with Crippen molar-refractivity contribution >= 4 is 21.8 Å². The highest BCUT2D eigenvalue weighted by molar-refractivity contribution is 9.10. The highest BCUT2D eigenvalue weighted by Crippen LogP contribution is 2.19. The van der Waals surface area contributed by atoms with Gasteiger partial charge in [0.2, 0.25) is 5.91 Å². The summed E-state index contributed by atoms with van der Waals surface area (Å²) in [6, 6.07) is 10.0. The number of halogens is 1. The first-order valence-corrected chi connectivity index (χ1v) is 6.24. The second kappa shape index (κ2) is 5.27. The van der Waals surface area contributed by atoms with Gasteiger partial charge in [-0.25, -0.2) is 4.68 Å². The summed E-state index contributed by atoms with van der Waals surface area (Å²) in [4.78, 5) is 11.9. The second-order valence-electron chi connectivity index (χ2n) is 4.01. The standard InChI is InChI=1S/C13H13BrN2O/c1-10(11-5-3-2-4-6-11)7-13(17)16-9-12(14)8-15-16/h2-6,8-10H,7H2,1H3. The van der Waals surface area contributed by atoms with E-state index >= 15 is 0 Å². The van der Waals surface area contributed by atoms with Crippen LogP contribution in [0.2, 0.25) is 0 Å². The molecule has 0 spiro atoms. The summed E-state index contributed by atoms with van der Waals surface area (Å²) in [6.45, 7) is 2.05. The van der Waals surface area contributed by atoms with E-state index in [1.54, 1.807) is 12.4 Å². The van der Waals surface area contributed by atoms with Crippen LogP contribution in [0.4, 0.5) is 0 Å². The van der Waals surface area contributed by atoms with Gasteiger partial charge in [0.05, 0.1) is 10.7 Å². The minimum absolute atomic E-state index is 0.00653. The molecule has 0 amide bonds. The van der Waals surface area contributed by atoms with E-state index in [9.17, 15) is 4.79 Å². The Balaban J connectivity index is 2.04. The molecule has 1 unspecified atom stereocenters. The van der Waals surface area contributed by atoms with Gasteiger partial charge in [-0.05, 0) is 27.4 Å². The lowest BCUT2D eigenvalue weighted by atomic mass is 9.98. The van der Waals surface area contributed by atoms with Crippen molar-refractivity contribution in [2.75, 3.05) is 0 Å². The quantitative estimate of drug-likeness (QED) is 0.868. The van der Waals surface area contributed by atoms with Crippen LogP contribution in [-0.2, 0) is 0 Å². The first-order chi connectivity index (χ1) is 8.16. The van der Waals surface area contributed by atoms with E-state index in [4.69, 9.17) is 0 Å². The average Bonchev–Trinajstić information content (AvgIpc) is 2.77. The Labute approximate surface area is 109 Å². The van der Waals surface area contributed by atoms with Gasteiger partial charge in [-0.3, -0.25) is 4.79 Å². The Morgan fingerprint density at radius 1 is 1.41 bits per heavy atom. The lowest BCUT2D eigenvalue weighted by Gasteiger charge is -2.10. The van der Waals surface area contributed by atoms with Gasteiger partial charge >= 0.3 is 0 Å². The van der Waals surface area contributed by atoms with E-state index < -0.39 is 0 Å². The minimum atomic E-state index is 0.00653. The SMILES string of the molecule is CC(CC(=O)n1cc(Br)cn1)c1ccccc1. The molecule has 0 saturated heterocycles. The van der Waals surface area contributed by atoms with Crippen molar-refractivity contribution in [3.8, 4) is 0 Å². The van der Waals surface area contributed by atoms with Crippen LogP contribution >= 0.6 is 15.9 Å². The molecule has 0 fully saturated rings. The van der Waals surface area contributed by atoms with E-state index in [-0.39, 0.29) is 11.8 Å². The lowest BCUT2D eigenvalue weighted by Crippen LogP contribution is -2.13. The van der Waals surface area contributed by atoms with Crippen LogP contribution in [0, 0.1) is 0 Å². The number of nitrogens with zero attached hydrogens (tertiary/aromatic N) is 2. The van der Waals surface area contributed by atoms with E-state index in [2.05, 4.69) is 21.0 Å². The van der Waals surface area contributed by atoms with Gasteiger partial charge in [-0.2, -0.15) is 5.10 Å². The van der Waals surface area contributed by atoms with E-state index in [0.717, 1.165) is 4.47 Å². The smallest absolute Gasteiger partial charge is 0.247 e. The molecule has 0 aliphatic carbocycles. The number of hydrogen-bond donors (Lipinski definition) is 0. The van der Waals surface area contributed by atoms with Crippen LogP contribution in [0.1, 0.15) is 29.6 Å². The van der Waals surface area contributed by atoms with Gasteiger partial charge in [-0.15, -0.1) is 0 Å². The van der Waals surface area contributed by atoms with Crippen molar-refractivity contribution < 1.29 is 4.79 Å². The third-order valence-corrected chi connectivity index (χ3v) is 3.07. The Hall–Kier alpha value is -1.42. The first kappa shape index (κ1) is 12.0. The maximum absolute atomic E-state index is 11.9. The predicted molar refractivity (Wildman–Crippen MR) is 70.0 cm³/mol. The molecule has 0 aliphatic rings. The van der Waals surface area contributed by atoms with E-state index in [1.807, 2.05) is 37.3 Å². The van der Waals surface area contributed by atoms with Crippen molar-refractivity contribution in [2.45, 2.75) is 19.3 Å². The molecular formula is C13H13BrN2O. The molecule has 1 aromatic carbocycles. The molecule has 2 aromatic rings. The summed E-state index contributed by atoms with van der Waals surface area (Å²) >= 11 is 3.28. The molecule has 88 valence electrons. The Morgan fingerprint density at radius 3 is 2.71 bits per heavy atom. The molecule has 0 radical (unpaired) electrons. The molecule has 4 heteroatoms. The number of carbonyl (C=O) groups is 1. The molecule has 0 N–H and O–H groups in total. The topological polar surface area (TPSA) is 34.9 Å². The Kier molecular flexibility index (Phi) is 3.74. The third-order valence-electron chi connectivity index (χ3n) is 2.66. The van der Waals surface area contributed by atoms with Crippen LogP contribution < -0.4 is 0 Å². The van der Waals surface area contributed by atoms with Crippen molar-refractivity contribution in [3.63, 3.8) is 0 Å². The molecule has 1 heterocycles. The Bertz CT molecular complexity index is 507. The normalized spacial score (nSPS) is 12.4. The van der Waals surface area contributed by atoms with Crippen molar-refractivity contribution in [1.82, 2.24) is 9.78 Å². The fourth-order valence-electron chi connectivity index (χ4n) is 1.69. The van der Waals surface area contributed by atoms with E-state index in [0.29, 0.717) is 6.42 Å². The highest BCUT2D eigenvalue weighted by atomic mass is 79.9. The highest BCUT2D eigenvalue weighted by Gasteiger charge is 2.13. The molecule has 3 nitrogen and oxygen atoms in total. The lowest BCUT2D eigenvalue weighted by molar-refractivity contribution is 0.0879. The van der Waals surface area contributed by atoms with Crippen LogP contribution in [-0.4, -0.2) is 15.7 Å². The maximum Gasteiger partial charge on any atom is 0.247 e. The van der Waals surface area contributed by atoms with Gasteiger partial charge in [0.15, 0.2) is 0 Å². The van der Waals surface area contributed by atoms with Gasteiger partial charge in [0, 0.05) is 12.6 Å². The molecule has 1 atom stereocenters. The number of aromatic nitrogens is 2. The summed E-state index contributed by atoms with van der Waals surface area (Å²) in [5.74, 6) is 0.207. The van der Waals surface area contributed by atoms with Crippen LogP contribution in [0.15, 0.2) is 47.2 Å². The molecule has 0 aliphatic heterocycles. The van der Waals surface area contributed by atoms with Gasteiger partial charge in [0.1, 0.15) is 0 Å². The van der Waals surface area contributed by atoms with Crippen LogP contribution in [0.5, 0.6) is 0 Å². The predicted octanol–water partition coefficient (Wildman–Crippen LogP) is 3.48. The zero-order valence-electron chi connectivity index (χ0n) is 9.51. The zero-order valence-corrected chi connectivity index (χ0v) is 11.1. The van der Waals surface area contributed by atoms with Gasteiger partial charge in [0.25, 0.3) is 0 Å². The fourth-order valence-corrected chi connectivity index (χ4v) is 1.98. The van der Waals surface area contributed by atoms with Crippen molar-refractivity contribution in [3.05, 3.63) is 52.8 Å². The number of hydrogen-bond acceptors (Lipinski definition) is 2. The molecule has 0 saturated carbocycles. The molecule has 2 rings (SSSR count).